The topological polar surface area (TPSA) is 31.2 Å². The van der Waals surface area contributed by atoms with Gasteiger partial charge in [-0.3, -0.25) is 0 Å². The van der Waals surface area contributed by atoms with Gasteiger partial charge in [-0.1, -0.05) is 12.1 Å². The molecule has 7 heavy (non-hydrogen) atoms. The van der Waals surface area contributed by atoms with Gasteiger partial charge in [-0.2, -0.15) is 12.4 Å². The second-order valence-electron chi connectivity index (χ2n) is 0.832. The second-order valence-corrected chi connectivity index (χ2v) is 0.832. The fourth-order valence-electron chi connectivity index (χ4n) is 0.248. The molecule has 0 amide bonds. The van der Waals surface area contributed by atoms with E-state index in [1.54, 1.807) is 12.4 Å². The third-order valence-corrected chi connectivity index (χ3v) is 0.455. The number of hydrogen-bond donors (Lipinski definition) is 0. The quantitative estimate of drug-likeness (QED) is 0.501. The van der Waals surface area contributed by atoms with Crippen molar-refractivity contribution in [1.82, 2.24) is 4.98 Å². The molecule has 0 bridgehead atoms. The van der Waals surface area contributed by atoms with E-state index >= 15 is 0 Å². The fraction of sp³-hybridized carbons (Fsp3) is 0. The third kappa shape index (κ3) is 3.54. The molecule has 2 nitrogen and oxygen atoms in total. The molecule has 0 saturated carbocycles. The van der Waals surface area contributed by atoms with Crippen LogP contribution in [0, 0.1) is 0 Å². The molecule has 0 saturated heterocycles. The normalized spacial score (nSPS) is 6.57. The van der Waals surface area contributed by atoms with Gasteiger partial charge >= 0.3 is 21.8 Å². The molecule has 0 N–H and O–H groups in total. The Morgan fingerprint density at radius 3 is 1.71 bits per heavy atom. The maximum Gasteiger partial charge on any atom is -0.0860 e. The second kappa shape index (κ2) is 5.70. The minimum Gasteiger partial charge on any atom is -0.670 e. The zero-order chi connectivity index (χ0) is 5.54. The third-order valence-electron chi connectivity index (χ3n) is 0.455. The van der Waals surface area contributed by atoms with E-state index < -0.39 is 0 Å². The Kier molecular flexibility index (Phi) is 5.46. The standard InChI is InChI=1S/C4H4N.O.Zn/c1-2-4-5-3-1;;/h1-4H;;/q-1;;. The van der Waals surface area contributed by atoms with E-state index in [2.05, 4.69) is 4.98 Å². The summed E-state index contributed by atoms with van der Waals surface area (Å²) < 4.78 is 8.38. The summed E-state index contributed by atoms with van der Waals surface area (Å²) in [5.41, 5.74) is 0. The Morgan fingerprint density at radius 2 is 1.57 bits per heavy atom. The van der Waals surface area contributed by atoms with Crippen LogP contribution in [0.3, 0.4) is 0 Å². The minimum absolute atomic E-state index is 0.125. The molecule has 0 aliphatic carbocycles. The van der Waals surface area contributed by atoms with Crippen molar-refractivity contribution in [3.8, 4) is 0 Å². The molecule has 0 fully saturated rings. The molecule has 1 heterocycles. The van der Waals surface area contributed by atoms with E-state index in [-0.39, 0.29) is 18.3 Å². The zero-order valence-electron chi connectivity index (χ0n) is 3.87. The van der Waals surface area contributed by atoms with Gasteiger partial charge in [0, 0.05) is 0 Å². The van der Waals surface area contributed by atoms with Crippen molar-refractivity contribution in [2.24, 2.45) is 0 Å². The number of nitrogens with zero attached hydrogens (tertiary/aromatic N) is 1. The predicted molar refractivity (Wildman–Crippen MR) is 20.4 cm³/mol. The van der Waals surface area contributed by atoms with Crippen molar-refractivity contribution < 1.29 is 21.8 Å². The van der Waals surface area contributed by atoms with Gasteiger partial charge in [-0.25, -0.2) is 0 Å². The summed E-state index contributed by atoms with van der Waals surface area (Å²) in [5, 5.41) is 0. The molecule has 1 aromatic rings. The predicted octanol–water partition coefficient (Wildman–Crippen LogP) is 0.522. The van der Waals surface area contributed by atoms with Crippen LogP contribution in [-0.2, 0) is 21.8 Å². The molecular formula is C4H4NOZn-. The summed E-state index contributed by atoms with van der Waals surface area (Å²) in [6.07, 6.45) is 3.50. The molecule has 1 aromatic heterocycles. The van der Waals surface area contributed by atoms with Crippen LogP contribution in [0.4, 0.5) is 0 Å². The van der Waals surface area contributed by atoms with Crippen molar-refractivity contribution in [3.05, 3.63) is 24.5 Å². The number of rotatable bonds is 0. The van der Waals surface area contributed by atoms with Gasteiger partial charge in [0.05, 0.1) is 0 Å². The number of aromatic nitrogens is 1. The molecule has 1 rings (SSSR count). The summed E-state index contributed by atoms with van der Waals surface area (Å²) in [7, 11) is 0. The SMILES string of the molecule is [O]=[Zn].c1cc[n-]c1. The molecule has 0 aromatic carbocycles. The van der Waals surface area contributed by atoms with Crippen molar-refractivity contribution in [2.45, 2.75) is 0 Å². The van der Waals surface area contributed by atoms with Gasteiger partial charge in [-0.15, -0.1) is 0 Å². The Bertz CT molecular complexity index is 78.6. The summed E-state index contributed by atoms with van der Waals surface area (Å²) in [4.78, 5) is 3.72. The van der Waals surface area contributed by atoms with Crippen LogP contribution in [-0.4, -0.2) is 0 Å². The minimum atomic E-state index is 0.125. The fourth-order valence-corrected chi connectivity index (χ4v) is 0.248. The van der Waals surface area contributed by atoms with E-state index in [1.165, 1.54) is 0 Å². The molecule has 0 aliphatic rings. The van der Waals surface area contributed by atoms with E-state index in [9.17, 15) is 0 Å². The molecule has 0 aliphatic heterocycles. The van der Waals surface area contributed by atoms with Crippen LogP contribution < -0.4 is 4.98 Å². The molecule has 0 radical (unpaired) electrons. The van der Waals surface area contributed by atoms with Crippen LogP contribution in [0.5, 0.6) is 0 Å². The van der Waals surface area contributed by atoms with Gasteiger partial charge < -0.3 is 4.98 Å². The van der Waals surface area contributed by atoms with Crippen LogP contribution in [0.1, 0.15) is 0 Å². The van der Waals surface area contributed by atoms with E-state index in [1.807, 2.05) is 12.1 Å². The van der Waals surface area contributed by atoms with Gasteiger partial charge in [-0.05, 0) is 0 Å². The van der Waals surface area contributed by atoms with Crippen LogP contribution in [0.25, 0.3) is 0 Å². The van der Waals surface area contributed by atoms with Crippen LogP contribution in [0.15, 0.2) is 24.5 Å². The van der Waals surface area contributed by atoms with Crippen molar-refractivity contribution in [2.75, 3.05) is 0 Å². The Labute approximate surface area is 51.9 Å². The number of hydrogen-bond acceptors (Lipinski definition) is 1. The monoisotopic (exact) mass is 146 g/mol. The average Bonchev–Trinajstić information content (AvgIpc) is 2.23. The van der Waals surface area contributed by atoms with Crippen molar-refractivity contribution in [1.29, 1.82) is 0 Å². The summed E-state index contributed by atoms with van der Waals surface area (Å²) in [5.74, 6) is 0. The van der Waals surface area contributed by atoms with Crippen LogP contribution >= 0.6 is 0 Å². The van der Waals surface area contributed by atoms with Gasteiger partial charge in [0.2, 0.25) is 0 Å². The molecule has 0 unspecified atom stereocenters. The Balaban J connectivity index is 0.000000162. The maximum absolute atomic E-state index is 8.38. The first-order chi connectivity index (χ1) is 3.50. The maximum atomic E-state index is 8.38. The van der Waals surface area contributed by atoms with Gasteiger partial charge in [0.25, 0.3) is 0 Å². The van der Waals surface area contributed by atoms with E-state index in [0.29, 0.717) is 0 Å². The summed E-state index contributed by atoms with van der Waals surface area (Å²) in [6.45, 7) is 0. The molecule has 0 atom stereocenters. The molecule has 3 heteroatoms. The van der Waals surface area contributed by atoms with Crippen LogP contribution in [0.2, 0.25) is 0 Å². The Hall–Kier alpha value is -0.297. The average molecular weight is 147 g/mol. The first kappa shape index (κ1) is 6.70. The van der Waals surface area contributed by atoms with Gasteiger partial charge in [0.1, 0.15) is 0 Å². The first-order valence-corrected chi connectivity index (χ1v) is 3.02. The summed E-state index contributed by atoms with van der Waals surface area (Å²) >= 11 is 0.125. The molecule has 34 valence electrons. The zero-order valence-corrected chi connectivity index (χ0v) is 6.84. The van der Waals surface area contributed by atoms with Crippen molar-refractivity contribution in [3.63, 3.8) is 0 Å². The van der Waals surface area contributed by atoms with E-state index in [4.69, 9.17) is 3.57 Å². The van der Waals surface area contributed by atoms with Crippen molar-refractivity contribution >= 4 is 0 Å². The molecule has 0 spiro atoms. The largest absolute Gasteiger partial charge is 0.670 e. The summed E-state index contributed by atoms with van der Waals surface area (Å²) in [6, 6.07) is 3.78. The Morgan fingerprint density at radius 1 is 1.14 bits per heavy atom. The first-order valence-electron chi connectivity index (χ1n) is 1.81. The van der Waals surface area contributed by atoms with E-state index in [0.717, 1.165) is 0 Å². The van der Waals surface area contributed by atoms with Gasteiger partial charge in [0.15, 0.2) is 0 Å². The molecular weight excluding hydrogens is 143 g/mol. The smallest absolute Gasteiger partial charge is 0.0860 e.